The Labute approximate surface area is 218 Å². The van der Waals surface area contributed by atoms with Gasteiger partial charge in [0.1, 0.15) is 6.61 Å². The molecule has 0 aliphatic rings. The molecule has 0 atom stereocenters. The van der Waals surface area contributed by atoms with Crippen molar-refractivity contribution in [1.82, 2.24) is 14.8 Å². The molecule has 10 heteroatoms. The molecule has 38 heavy (non-hydrogen) atoms. The molecule has 0 saturated carbocycles. The number of nitrogens with one attached hydrogen (secondary N) is 1. The number of halogens is 3. The highest BCUT2D eigenvalue weighted by molar-refractivity contribution is 6.04. The maximum absolute atomic E-state index is 13.3. The number of aromatic nitrogens is 3. The first kappa shape index (κ1) is 26.9. The van der Waals surface area contributed by atoms with Crippen LogP contribution in [-0.2, 0) is 10.9 Å². The van der Waals surface area contributed by atoms with E-state index in [1.54, 1.807) is 28.9 Å². The number of rotatable bonds is 9. The second-order valence-corrected chi connectivity index (χ2v) is 8.52. The van der Waals surface area contributed by atoms with Gasteiger partial charge in [0.15, 0.2) is 5.82 Å². The van der Waals surface area contributed by atoms with Crippen LogP contribution in [0.5, 0.6) is 6.01 Å². The highest BCUT2D eigenvalue weighted by Gasteiger charge is 2.33. The van der Waals surface area contributed by atoms with E-state index in [4.69, 9.17) is 9.47 Å². The smallest absolute Gasteiger partial charge is 0.416 e. The maximum atomic E-state index is 13.3. The first-order valence-corrected chi connectivity index (χ1v) is 12.0. The number of ether oxygens (including phenoxy) is 2. The van der Waals surface area contributed by atoms with Crippen molar-refractivity contribution >= 4 is 11.6 Å². The lowest BCUT2D eigenvalue weighted by Gasteiger charge is -2.13. The van der Waals surface area contributed by atoms with Crippen molar-refractivity contribution in [2.45, 2.75) is 26.9 Å². The van der Waals surface area contributed by atoms with Crippen LogP contribution in [0.25, 0.3) is 17.1 Å². The van der Waals surface area contributed by atoms with E-state index in [2.05, 4.69) is 15.4 Å². The fourth-order valence-corrected chi connectivity index (χ4v) is 3.86. The zero-order valence-corrected chi connectivity index (χ0v) is 21.2. The summed E-state index contributed by atoms with van der Waals surface area (Å²) in [5.41, 5.74) is 1.88. The van der Waals surface area contributed by atoms with E-state index in [-0.39, 0.29) is 23.7 Å². The van der Waals surface area contributed by atoms with Crippen LogP contribution < -0.4 is 10.1 Å². The second-order valence-electron chi connectivity index (χ2n) is 8.52. The van der Waals surface area contributed by atoms with E-state index in [0.29, 0.717) is 30.4 Å². The summed E-state index contributed by atoms with van der Waals surface area (Å²) in [7, 11) is 0. The van der Waals surface area contributed by atoms with Crippen LogP contribution in [0, 0.1) is 13.8 Å². The van der Waals surface area contributed by atoms with Gasteiger partial charge in [0.05, 0.1) is 17.9 Å². The van der Waals surface area contributed by atoms with Crippen molar-refractivity contribution in [3.63, 3.8) is 0 Å². The molecule has 0 aliphatic heterocycles. The van der Waals surface area contributed by atoms with E-state index >= 15 is 0 Å². The number of hydrogen-bond donors (Lipinski definition) is 1. The van der Waals surface area contributed by atoms with Crippen LogP contribution in [0.4, 0.5) is 18.9 Å². The van der Waals surface area contributed by atoms with Crippen LogP contribution >= 0.6 is 0 Å². The molecule has 1 amide bonds. The lowest BCUT2D eigenvalue weighted by atomic mass is 10.0. The van der Waals surface area contributed by atoms with Crippen LogP contribution in [0.2, 0.25) is 0 Å². The standard InChI is InChI=1S/C28H27F3N4O3/c1-4-37-14-15-38-27-33-25(23-11-6-5-8-18(23)2)35(34-27)22-10-7-9-21(17-22)32-26(36)20-13-12-19(3)24(16-20)28(29,30)31/h5-13,16-17H,4,14-15H2,1-3H3,(H,32,36). The minimum absolute atomic E-state index is 0.0465. The maximum Gasteiger partial charge on any atom is 0.416 e. The van der Waals surface area contributed by atoms with Crippen LogP contribution in [0.3, 0.4) is 0 Å². The monoisotopic (exact) mass is 524 g/mol. The van der Waals surface area contributed by atoms with Crippen LogP contribution in [0.15, 0.2) is 66.7 Å². The van der Waals surface area contributed by atoms with Gasteiger partial charge < -0.3 is 14.8 Å². The zero-order valence-electron chi connectivity index (χ0n) is 21.2. The fraction of sp³-hybridized carbons (Fsp3) is 0.250. The van der Waals surface area contributed by atoms with Gasteiger partial charge in [0.25, 0.3) is 5.91 Å². The molecular weight excluding hydrogens is 497 g/mol. The molecule has 1 N–H and O–H groups in total. The van der Waals surface area contributed by atoms with Crippen LogP contribution in [0.1, 0.15) is 34.0 Å². The number of anilines is 1. The summed E-state index contributed by atoms with van der Waals surface area (Å²) < 4.78 is 52.6. The summed E-state index contributed by atoms with van der Waals surface area (Å²) in [5, 5.41) is 7.19. The van der Waals surface area contributed by atoms with Gasteiger partial charge in [-0.2, -0.15) is 18.2 Å². The van der Waals surface area contributed by atoms with Crippen molar-refractivity contribution < 1.29 is 27.4 Å². The third kappa shape index (κ3) is 6.20. The number of alkyl halides is 3. The Hall–Kier alpha value is -4.18. The number of benzene rings is 3. The van der Waals surface area contributed by atoms with Crippen molar-refractivity contribution in [3.05, 3.63) is 89.0 Å². The molecule has 198 valence electrons. The van der Waals surface area contributed by atoms with Crippen molar-refractivity contribution in [2.75, 3.05) is 25.1 Å². The minimum atomic E-state index is -4.55. The minimum Gasteiger partial charge on any atom is -0.460 e. The molecule has 7 nitrogen and oxygen atoms in total. The van der Waals surface area contributed by atoms with Gasteiger partial charge in [0, 0.05) is 23.4 Å². The molecule has 0 aliphatic carbocycles. The average Bonchev–Trinajstić information content (AvgIpc) is 3.30. The third-order valence-corrected chi connectivity index (χ3v) is 5.79. The molecule has 0 unspecified atom stereocenters. The fourth-order valence-electron chi connectivity index (χ4n) is 3.86. The number of hydrogen-bond acceptors (Lipinski definition) is 5. The molecule has 0 fully saturated rings. The highest BCUT2D eigenvalue weighted by Crippen LogP contribution is 2.33. The van der Waals surface area contributed by atoms with Gasteiger partial charge >= 0.3 is 12.2 Å². The van der Waals surface area contributed by atoms with Gasteiger partial charge in [-0.1, -0.05) is 36.4 Å². The molecular formula is C28H27F3N4O3. The number of nitrogens with zero attached hydrogens (tertiary/aromatic N) is 3. The lowest BCUT2D eigenvalue weighted by molar-refractivity contribution is -0.138. The van der Waals surface area contributed by atoms with Gasteiger partial charge in [0.2, 0.25) is 0 Å². The van der Waals surface area contributed by atoms with Gasteiger partial charge in [-0.3, -0.25) is 4.79 Å². The Bertz CT molecular complexity index is 1430. The molecule has 0 radical (unpaired) electrons. The van der Waals surface area contributed by atoms with Crippen molar-refractivity contribution in [3.8, 4) is 23.1 Å². The summed E-state index contributed by atoms with van der Waals surface area (Å²) in [4.78, 5) is 17.4. The normalized spacial score (nSPS) is 11.4. The lowest BCUT2D eigenvalue weighted by Crippen LogP contribution is -2.15. The number of carbonyl (C=O) groups is 1. The highest BCUT2D eigenvalue weighted by atomic mass is 19.4. The average molecular weight is 525 g/mol. The van der Waals surface area contributed by atoms with Crippen molar-refractivity contribution in [1.29, 1.82) is 0 Å². The molecule has 4 aromatic rings. The Kier molecular flexibility index (Phi) is 8.11. The SMILES string of the molecule is CCOCCOc1nc(-c2ccccc2C)n(-c2cccc(NC(=O)c3ccc(C)c(C(F)(F)F)c3)c2)n1. The Balaban J connectivity index is 1.64. The molecule has 0 bridgehead atoms. The molecule has 0 saturated heterocycles. The third-order valence-electron chi connectivity index (χ3n) is 5.79. The first-order valence-electron chi connectivity index (χ1n) is 12.0. The van der Waals surface area contributed by atoms with Crippen LogP contribution in [-0.4, -0.2) is 40.5 Å². The largest absolute Gasteiger partial charge is 0.460 e. The quantitative estimate of drug-likeness (QED) is 0.262. The Morgan fingerprint density at radius 1 is 0.974 bits per heavy atom. The van der Waals surface area contributed by atoms with Crippen molar-refractivity contribution in [2.24, 2.45) is 0 Å². The van der Waals surface area contributed by atoms with Gasteiger partial charge in [-0.05, 0) is 62.2 Å². The summed E-state index contributed by atoms with van der Waals surface area (Å²) >= 11 is 0. The van der Waals surface area contributed by atoms with E-state index in [9.17, 15) is 18.0 Å². The van der Waals surface area contributed by atoms with E-state index in [1.807, 2.05) is 38.1 Å². The molecule has 1 heterocycles. The second kappa shape index (κ2) is 11.5. The number of carbonyl (C=O) groups excluding carboxylic acids is 1. The topological polar surface area (TPSA) is 78.3 Å². The van der Waals surface area contributed by atoms with E-state index in [0.717, 1.165) is 17.2 Å². The number of amides is 1. The molecule has 4 rings (SSSR count). The predicted octanol–water partition coefficient (Wildman–Crippen LogP) is 6.24. The number of aryl methyl sites for hydroxylation is 2. The van der Waals surface area contributed by atoms with E-state index in [1.165, 1.54) is 19.1 Å². The Morgan fingerprint density at radius 2 is 1.76 bits per heavy atom. The predicted molar refractivity (Wildman–Crippen MR) is 138 cm³/mol. The summed E-state index contributed by atoms with van der Waals surface area (Å²) in [6.45, 7) is 6.44. The molecule has 0 spiro atoms. The first-order chi connectivity index (χ1) is 18.2. The molecule has 1 aromatic heterocycles. The Morgan fingerprint density at radius 3 is 2.50 bits per heavy atom. The van der Waals surface area contributed by atoms with Gasteiger partial charge in [-0.15, -0.1) is 5.10 Å². The summed E-state index contributed by atoms with van der Waals surface area (Å²) in [6.07, 6.45) is -4.55. The zero-order chi connectivity index (χ0) is 27.3. The van der Waals surface area contributed by atoms with E-state index < -0.39 is 17.6 Å². The summed E-state index contributed by atoms with van der Waals surface area (Å²) in [5.74, 6) is -0.128. The summed E-state index contributed by atoms with van der Waals surface area (Å²) in [6, 6.07) is 18.2. The molecule has 3 aromatic carbocycles. The van der Waals surface area contributed by atoms with Gasteiger partial charge in [-0.25, -0.2) is 4.68 Å².